The van der Waals surface area contributed by atoms with Crippen molar-refractivity contribution >= 4 is 0 Å². The minimum atomic E-state index is 0.508. The molecule has 0 aliphatic heterocycles. The van der Waals surface area contributed by atoms with Crippen molar-refractivity contribution in [1.29, 1.82) is 0 Å². The monoisotopic (exact) mass is 268 g/mol. The fourth-order valence-corrected chi connectivity index (χ4v) is 2.42. The van der Waals surface area contributed by atoms with Crippen LogP contribution in [0.5, 0.6) is 0 Å². The summed E-state index contributed by atoms with van der Waals surface area (Å²) < 4.78 is 0. The molecule has 0 saturated heterocycles. The van der Waals surface area contributed by atoms with Crippen LogP contribution in [0, 0.1) is 6.92 Å². The minimum Gasteiger partial charge on any atom is -0.317 e. The van der Waals surface area contributed by atoms with E-state index in [-0.39, 0.29) is 0 Å². The minimum absolute atomic E-state index is 0.508. The van der Waals surface area contributed by atoms with Gasteiger partial charge in [-0.25, -0.2) is 0 Å². The van der Waals surface area contributed by atoms with Crippen molar-refractivity contribution in [1.82, 2.24) is 10.3 Å². The van der Waals surface area contributed by atoms with E-state index in [0.29, 0.717) is 6.04 Å². The number of aromatic nitrogens is 1. The lowest BCUT2D eigenvalue weighted by molar-refractivity contribution is 0.497. The van der Waals surface area contributed by atoms with E-state index in [4.69, 9.17) is 0 Å². The Bertz CT molecular complexity index is 491. The predicted octanol–water partition coefficient (Wildman–Crippen LogP) is 3.54. The highest BCUT2D eigenvalue weighted by atomic mass is 14.9. The lowest BCUT2D eigenvalue weighted by atomic mass is 10.0. The van der Waals surface area contributed by atoms with E-state index >= 15 is 0 Å². The topological polar surface area (TPSA) is 24.9 Å². The lowest BCUT2D eigenvalue weighted by Crippen LogP contribution is -2.28. The van der Waals surface area contributed by atoms with Crippen molar-refractivity contribution in [3.05, 3.63) is 65.5 Å². The van der Waals surface area contributed by atoms with Gasteiger partial charge in [0.05, 0.1) is 0 Å². The molecule has 1 unspecified atom stereocenters. The third kappa shape index (κ3) is 4.78. The van der Waals surface area contributed by atoms with Gasteiger partial charge in [-0.1, -0.05) is 36.4 Å². The average Bonchev–Trinajstić information content (AvgIpc) is 2.49. The van der Waals surface area contributed by atoms with Crippen LogP contribution in [0.25, 0.3) is 0 Å². The van der Waals surface area contributed by atoms with E-state index in [1.165, 1.54) is 29.7 Å². The van der Waals surface area contributed by atoms with E-state index in [1.54, 1.807) is 0 Å². The zero-order valence-electron chi connectivity index (χ0n) is 12.5. The smallest absolute Gasteiger partial charge is 0.0419 e. The van der Waals surface area contributed by atoms with Gasteiger partial charge in [-0.15, -0.1) is 0 Å². The molecule has 1 aromatic heterocycles. The van der Waals surface area contributed by atoms with Crippen LogP contribution in [0.4, 0.5) is 0 Å². The molecule has 1 N–H and O–H groups in total. The summed E-state index contributed by atoms with van der Waals surface area (Å²) in [7, 11) is 2.04. The maximum absolute atomic E-state index is 4.49. The number of benzene rings is 1. The van der Waals surface area contributed by atoms with Crippen LogP contribution in [0.1, 0.15) is 29.7 Å². The summed E-state index contributed by atoms with van der Waals surface area (Å²) in [5.74, 6) is 0. The molecule has 1 aromatic carbocycles. The van der Waals surface area contributed by atoms with Crippen molar-refractivity contribution in [3.63, 3.8) is 0 Å². The van der Waals surface area contributed by atoms with Crippen LogP contribution in [-0.2, 0) is 12.8 Å². The molecule has 0 aliphatic carbocycles. The molecule has 0 amide bonds. The molecule has 0 radical (unpaired) electrons. The second-order valence-electron chi connectivity index (χ2n) is 5.39. The molecule has 2 nitrogen and oxygen atoms in total. The van der Waals surface area contributed by atoms with Gasteiger partial charge in [0.1, 0.15) is 0 Å². The molecular weight excluding hydrogens is 244 g/mol. The Labute approximate surface area is 122 Å². The van der Waals surface area contributed by atoms with Crippen LogP contribution < -0.4 is 5.32 Å². The van der Waals surface area contributed by atoms with Gasteiger partial charge in [-0.05, 0) is 50.4 Å². The summed E-state index contributed by atoms with van der Waals surface area (Å²) in [6.07, 6.45) is 6.50. The molecule has 0 saturated carbocycles. The lowest BCUT2D eigenvalue weighted by Gasteiger charge is -2.15. The van der Waals surface area contributed by atoms with Crippen molar-refractivity contribution in [2.24, 2.45) is 0 Å². The highest BCUT2D eigenvalue weighted by molar-refractivity contribution is 5.15. The third-order valence-corrected chi connectivity index (χ3v) is 3.70. The first kappa shape index (κ1) is 14.7. The Balaban J connectivity index is 1.79. The second kappa shape index (κ2) is 7.81. The van der Waals surface area contributed by atoms with Gasteiger partial charge >= 0.3 is 0 Å². The molecule has 0 spiro atoms. The van der Waals surface area contributed by atoms with E-state index in [2.05, 4.69) is 59.7 Å². The molecule has 2 aromatic rings. The van der Waals surface area contributed by atoms with Gasteiger partial charge in [-0.2, -0.15) is 0 Å². The number of hydrogen-bond acceptors (Lipinski definition) is 2. The van der Waals surface area contributed by atoms with Crippen molar-refractivity contribution in [3.8, 4) is 0 Å². The van der Waals surface area contributed by atoms with Crippen LogP contribution in [-0.4, -0.2) is 18.1 Å². The Kier molecular flexibility index (Phi) is 5.75. The fraction of sp³-hybridized carbons (Fsp3) is 0.389. The summed E-state index contributed by atoms with van der Waals surface area (Å²) >= 11 is 0. The van der Waals surface area contributed by atoms with Gasteiger partial charge in [0.15, 0.2) is 0 Å². The summed E-state index contributed by atoms with van der Waals surface area (Å²) in [6, 6.07) is 15.5. The molecule has 106 valence electrons. The molecule has 0 fully saturated rings. The number of nitrogens with zero attached hydrogens (tertiary/aromatic N) is 1. The molecular formula is C18H24N2. The SMILES string of the molecule is CNC(CCCc1ccccc1)Cc1ccc(C)cn1. The summed E-state index contributed by atoms with van der Waals surface area (Å²) in [5, 5.41) is 3.41. The van der Waals surface area contributed by atoms with Gasteiger partial charge in [0.25, 0.3) is 0 Å². The molecule has 0 bridgehead atoms. The Morgan fingerprint density at radius 2 is 1.90 bits per heavy atom. The van der Waals surface area contributed by atoms with Gasteiger partial charge in [0, 0.05) is 24.4 Å². The van der Waals surface area contributed by atoms with Crippen LogP contribution in [0.3, 0.4) is 0 Å². The Hall–Kier alpha value is -1.67. The molecule has 1 atom stereocenters. The first-order valence-corrected chi connectivity index (χ1v) is 7.40. The number of aryl methyl sites for hydroxylation is 2. The van der Waals surface area contributed by atoms with E-state index < -0.39 is 0 Å². The summed E-state index contributed by atoms with van der Waals surface area (Å²) in [5.41, 5.74) is 3.82. The van der Waals surface area contributed by atoms with E-state index in [0.717, 1.165) is 12.8 Å². The number of pyridine rings is 1. The first-order chi connectivity index (χ1) is 9.78. The molecule has 1 heterocycles. The van der Waals surface area contributed by atoms with Crippen molar-refractivity contribution in [2.45, 2.75) is 38.6 Å². The molecule has 0 aliphatic rings. The molecule has 2 heteroatoms. The van der Waals surface area contributed by atoms with E-state index in [9.17, 15) is 0 Å². The quantitative estimate of drug-likeness (QED) is 0.830. The standard InChI is InChI=1S/C18H24N2/c1-15-11-12-18(20-14-15)13-17(19-2)10-6-9-16-7-4-3-5-8-16/h3-5,7-8,11-12,14,17,19H,6,9-10,13H2,1-2H3. The maximum Gasteiger partial charge on any atom is 0.0419 e. The first-order valence-electron chi connectivity index (χ1n) is 7.40. The Morgan fingerprint density at radius 3 is 2.55 bits per heavy atom. The molecule has 20 heavy (non-hydrogen) atoms. The van der Waals surface area contributed by atoms with Crippen molar-refractivity contribution < 1.29 is 0 Å². The molecule has 2 rings (SSSR count). The second-order valence-corrected chi connectivity index (χ2v) is 5.39. The number of nitrogens with one attached hydrogen (secondary N) is 1. The Morgan fingerprint density at radius 1 is 1.10 bits per heavy atom. The average molecular weight is 268 g/mol. The van der Waals surface area contributed by atoms with Gasteiger partial charge in [-0.3, -0.25) is 4.98 Å². The van der Waals surface area contributed by atoms with Gasteiger partial charge in [0.2, 0.25) is 0 Å². The normalized spacial score (nSPS) is 12.3. The van der Waals surface area contributed by atoms with Crippen LogP contribution >= 0.6 is 0 Å². The highest BCUT2D eigenvalue weighted by Crippen LogP contribution is 2.10. The summed E-state index contributed by atoms with van der Waals surface area (Å²) in [4.78, 5) is 4.49. The van der Waals surface area contributed by atoms with Crippen LogP contribution in [0.2, 0.25) is 0 Å². The number of likely N-dealkylation sites (N-methyl/N-ethyl adjacent to an activating group) is 1. The maximum atomic E-state index is 4.49. The highest BCUT2D eigenvalue weighted by Gasteiger charge is 2.08. The largest absolute Gasteiger partial charge is 0.317 e. The summed E-state index contributed by atoms with van der Waals surface area (Å²) in [6.45, 7) is 2.08. The number of rotatable bonds is 7. The van der Waals surface area contributed by atoms with Crippen molar-refractivity contribution in [2.75, 3.05) is 7.05 Å². The predicted molar refractivity (Wildman–Crippen MR) is 84.9 cm³/mol. The van der Waals surface area contributed by atoms with Gasteiger partial charge < -0.3 is 5.32 Å². The zero-order valence-corrected chi connectivity index (χ0v) is 12.5. The zero-order chi connectivity index (χ0) is 14.2. The van der Waals surface area contributed by atoms with E-state index in [1.807, 2.05) is 13.2 Å². The fourth-order valence-electron chi connectivity index (χ4n) is 2.42. The third-order valence-electron chi connectivity index (χ3n) is 3.70. The number of hydrogen-bond donors (Lipinski definition) is 1. The van der Waals surface area contributed by atoms with Crippen LogP contribution in [0.15, 0.2) is 48.7 Å².